The van der Waals surface area contributed by atoms with Gasteiger partial charge in [-0.2, -0.15) is 5.10 Å². The number of ether oxygens (including phenoxy) is 1. The second kappa shape index (κ2) is 4.38. The molecule has 0 saturated heterocycles. The highest BCUT2D eigenvalue weighted by Crippen LogP contribution is 1.99. The smallest absolute Gasteiger partial charge is 0.341 e. The molecular formula is C7H10N4O3. The van der Waals surface area contributed by atoms with Gasteiger partial charge in [-0.25, -0.2) is 10.6 Å². The van der Waals surface area contributed by atoms with E-state index in [1.165, 1.54) is 24.2 Å². The number of aromatic nitrogens is 2. The van der Waals surface area contributed by atoms with Crippen molar-refractivity contribution >= 4 is 11.9 Å². The second-order valence-corrected chi connectivity index (χ2v) is 2.49. The van der Waals surface area contributed by atoms with Crippen LogP contribution in [0.1, 0.15) is 10.4 Å². The number of hydrogen-bond donors (Lipinski definition) is 2. The van der Waals surface area contributed by atoms with Crippen LogP contribution in [0.2, 0.25) is 0 Å². The number of hydrazine groups is 1. The van der Waals surface area contributed by atoms with Crippen LogP contribution in [0.3, 0.4) is 0 Å². The molecule has 0 unspecified atom stereocenters. The van der Waals surface area contributed by atoms with Gasteiger partial charge in [0.05, 0.1) is 18.9 Å². The SMILES string of the molecule is COC(=O)c1cnn(CC(=O)NN)c1. The van der Waals surface area contributed by atoms with Crippen molar-refractivity contribution in [1.82, 2.24) is 15.2 Å². The molecular weight excluding hydrogens is 188 g/mol. The van der Waals surface area contributed by atoms with E-state index in [4.69, 9.17) is 5.84 Å². The summed E-state index contributed by atoms with van der Waals surface area (Å²) in [6.07, 6.45) is 2.72. The Bertz CT molecular complexity index is 346. The van der Waals surface area contributed by atoms with Crippen molar-refractivity contribution in [3.05, 3.63) is 18.0 Å². The molecule has 1 rings (SSSR count). The number of esters is 1. The van der Waals surface area contributed by atoms with Crippen molar-refractivity contribution in [3.63, 3.8) is 0 Å². The van der Waals surface area contributed by atoms with Gasteiger partial charge in [0.25, 0.3) is 5.91 Å². The van der Waals surface area contributed by atoms with E-state index in [1.807, 2.05) is 5.43 Å². The Morgan fingerprint density at radius 3 is 3.00 bits per heavy atom. The second-order valence-electron chi connectivity index (χ2n) is 2.49. The molecule has 3 N–H and O–H groups in total. The summed E-state index contributed by atoms with van der Waals surface area (Å²) in [6.45, 7) is -0.0342. The lowest BCUT2D eigenvalue weighted by molar-refractivity contribution is -0.121. The average molecular weight is 198 g/mol. The van der Waals surface area contributed by atoms with Crippen molar-refractivity contribution in [2.75, 3.05) is 7.11 Å². The highest BCUT2D eigenvalue weighted by atomic mass is 16.5. The molecule has 0 aliphatic rings. The highest BCUT2D eigenvalue weighted by molar-refractivity contribution is 5.88. The first kappa shape index (κ1) is 10.2. The lowest BCUT2D eigenvalue weighted by Gasteiger charge is -1.98. The summed E-state index contributed by atoms with van der Waals surface area (Å²) in [5, 5.41) is 3.77. The monoisotopic (exact) mass is 198 g/mol. The molecule has 76 valence electrons. The summed E-state index contributed by atoms with van der Waals surface area (Å²) in [7, 11) is 1.27. The maximum atomic E-state index is 11.0. The summed E-state index contributed by atoms with van der Waals surface area (Å²) in [5.74, 6) is 3.99. The number of hydrogen-bond acceptors (Lipinski definition) is 5. The fourth-order valence-corrected chi connectivity index (χ4v) is 0.866. The van der Waals surface area contributed by atoms with Gasteiger partial charge in [-0.15, -0.1) is 0 Å². The van der Waals surface area contributed by atoms with Crippen molar-refractivity contribution in [1.29, 1.82) is 0 Å². The Morgan fingerprint density at radius 1 is 1.71 bits per heavy atom. The predicted octanol–water partition coefficient (Wildman–Crippen LogP) is -1.34. The van der Waals surface area contributed by atoms with E-state index in [-0.39, 0.29) is 12.1 Å². The molecule has 0 aromatic carbocycles. The molecule has 0 bridgehead atoms. The van der Waals surface area contributed by atoms with Gasteiger partial charge >= 0.3 is 5.97 Å². The van der Waals surface area contributed by atoms with Crippen LogP contribution in [0.5, 0.6) is 0 Å². The largest absolute Gasteiger partial charge is 0.465 e. The third-order valence-corrected chi connectivity index (χ3v) is 1.52. The van der Waals surface area contributed by atoms with Crippen molar-refractivity contribution in [3.8, 4) is 0 Å². The fourth-order valence-electron chi connectivity index (χ4n) is 0.866. The van der Waals surface area contributed by atoms with E-state index < -0.39 is 11.9 Å². The molecule has 0 saturated carbocycles. The van der Waals surface area contributed by atoms with Crippen LogP contribution in [0.25, 0.3) is 0 Å². The Hall–Kier alpha value is -1.89. The molecule has 1 aromatic heterocycles. The van der Waals surface area contributed by atoms with E-state index in [9.17, 15) is 9.59 Å². The Morgan fingerprint density at radius 2 is 2.43 bits per heavy atom. The number of nitrogens with one attached hydrogen (secondary N) is 1. The summed E-state index contributed by atoms with van der Waals surface area (Å²) < 4.78 is 5.75. The molecule has 0 radical (unpaired) electrons. The number of carbonyl (C=O) groups is 2. The maximum Gasteiger partial charge on any atom is 0.341 e. The van der Waals surface area contributed by atoms with Crippen LogP contribution in [0.15, 0.2) is 12.4 Å². The van der Waals surface area contributed by atoms with Gasteiger partial charge in [-0.1, -0.05) is 0 Å². The average Bonchev–Trinajstić information content (AvgIpc) is 2.65. The van der Waals surface area contributed by atoms with Gasteiger partial charge in [-0.3, -0.25) is 14.9 Å². The third-order valence-electron chi connectivity index (χ3n) is 1.52. The first-order valence-corrected chi connectivity index (χ1v) is 3.77. The first-order chi connectivity index (χ1) is 6.67. The Labute approximate surface area is 79.8 Å². The number of methoxy groups -OCH3 is 1. The van der Waals surface area contributed by atoms with Gasteiger partial charge in [0.1, 0.15) is 6.54 Å². The van der Waals surface area contributed by atoms with Crippen LogP contribution in [0, 0.1) is 0 Å². The third kappa shape index (κ3) is 2.30. The lowest BCUT2D eigenvalue weighted by Crippen LogP contribution is -2.33. The molecule has 0 fully saturated rings. The zero-order chi connectivity index (χ0) is 10.6. The maximum absolute atomic E-state index is 11.0. The van der Waals surface area contributed by atoms with E-state index >= 15 is 0 Å². The molecule has 0 atom stereocenters. The minimum Gasteiger partial charge on any atom is -0.465 e. The zero-order valence-electron chi connectivity index (χ0n) is 7.56. The van der Waals surface area contributed by atoms with E-state index in [2.05, 4.69) is 9.84 Å². The van der Waals surface area contributed by atoms with Gasteiger partial charge in [-0.05, 0) is 0 Å². The molecule has 1 aromatic rings. The normalized spacial score (nSPS) is 9.57. The number of carbonyl (C=O) groups excluding carboxylic acids is 2. The van der Waals surface area contributed by atoms with Crippen molar-refractivity contribution < 1.29 is 14.3 Å². The zero-order valence-corrected chi connectivity index (χ0v) is 7.56. The van der Waals surface area contributed by atoms with E-state index in [0.717, 1.165) is 0 Å². The van der Waals surface area contributed by atoms with Gasteiger partial charge in [0, 0.05) is 6.20 Å². The van der Waals surface area contributed by atoms with Crippen LogP contribution >= 0.6 is 0 Å². The van der Waals surface area contributed by atoms with Crippen LogP contribution in [-0.4, -0.2) is 28.8 Å². The molecule has 7 heteroatoms. The van der Waals surface area contributed by atoms with Gasteiger partial charge < -0.3 is 4.74 Å². The molecule has 14 heavy (non-hydrogen) atoms. The number of nitrogens with zero attached hydrogens (tertiary/aromatic N) is 2. The summed E-state index contributed by atoms with van der Waals surface area (Å²) in [5.41, 5.74) is 2.24. The number of nitrogens with two attached hydrogens (primary N) is 1. The van der Waals surface area contributed by atoms with E-state index in [1.54, 1.807) is 0 Å². The predicted molar refractivity (Wildman–Crippen MR) is 45.9 cm³/mol. The molecule has 0 spiro atoms. The van der Waals surface area contributed by atoms with Crippen molar-refractivity contribution in [2.24, 2.45) is 5.84 Å². The topological polar surface area (TPSA) is 99.2 Å². The Kier molecular flexibility index (Phi) is 3.19. The van der Waals surface area contributed by atoms with Crippen LogP contribution < -0.4 is 11.3 Å². The highest BCUT2D eigenvalue weighted by Gasteiger charge is 2.09. The van der Waals surface area contributed by atoms with Crippen LogP contribution in [-0.2, 0) is 16.1 Å². The summed E-state index contributed by atoms with van der Waals surface area (Å²) in [6, 6.07) is 0. The number of rotatable bonds is 3. The van der Waals surface area contributed by atoms with Crippen molar-refractivity contribution in [2.45, 2.75) is 6.54 Å². The fraction of sp³-hybridized carbons (Fsp3) is 0.286. The minimum absolute atomic E-state index is 0.0342. The van der Waals surface area contributed by atoms with Gasteiger partial charge in [0.2, 0.25) is 0 Å². The Balaban J connectivity index is 2.68. The summed E-state index contributed by atoms with van der Waals surface area (Å²) >= 11 is 0. The molecule has 0 aliphatic heterocycles. The van der Waals surface area contributed by atoms with E-state index in [0.29, 0.717) is 0 Å². The molecule has 0 aliphatic carbocycles. The summed E-state index contributed by atoms with van der Waals surface area (Å²) in [4.78, 5) is 21.8. The van der Waals surface area contributed by atoms with Crippen LogP contribution in [0.4, 0.5) is 0 Å². The minimum atomic E-state index is -0.496. The number of amides is 1. The first-order valence-electron chi connectivity index (χ1n) is 3.77. The molecule has 1 heterocycles. The quantitative estimate of drug-likeness (QED) is 0.271. The van der Waals surface area contributed by atoms with Gasteiger partial charge in [0.15, 0.2) is 0 Å². The standard InChI is InChI=1S/C7H10N4O3/c1-14-7(13)5-2-9-11(3-5)4-6(12)10-8/h2-3H,4,8H2,1H3,(H,10,12). The molecule has 7 nitrogen and oxygen atoms in total. The lowest BCUT2D eigenvalue weighted by atomic mass is 10.4. The molecule has 1 amide bonds.